The summed E-state index contributed by atoms with van der Waals surface area (Å²) in [5.74, 6) is -0.0315. The van der Waals surface area contributed by atoms with E-state index in [1.807, 2.05) is 20.8 Å². The maximum Gasteiger partial charge on any atom is 0.257 e. The minimum absolute atomic E-state index is 0.0607. The Kier molecular flexibility index (Phi) is 10.7. The van der Waals surface area contributed by atoms with Gasteiger partial charge >= 0.3 is 0 Å². The van der Waals surface area contributed by atoms with Crippen LogP contribution in [0.2, 0.25) is 5.02 Å². The lowest BCUT2D eigenvalue weighted by Crippen LogP contribution is -2.30. The number of carbonyl (C=O) groups is 1. The third-order valence-corrected chi connectivity index (χ3v) is 5.24. The molecule has 1 aromatic rings. The normalized spacial score (nSPS) is 11.6. The molecule has 27 heavy (non-hydrogen) atoms. The smallest absolute Gasteiger partial charge is 0.257 e. The molecular formula is C18H29ClN2O5S. The number of hydrogen-bond acceptors (Lipinski definition) is 5. The van der Waals surface area contributed by atoms with Gasteiger partial charge in [-0.05, 0) is 44.9 Å². The molecule has 0 aliphatic rings. The number of rotatable bonds is 13. The summed E-state index contributed by atoms with van der Waals surface area (Å²) in [6.07, 6.45) is 2.53. The lowest BCUT2D eigenvalue weighted by molar-refractivity contribution is -0.123. The van der Waals surface area contributed by atoms with E-state index in [0.29, 0.717) is 26.1 Å². The van der Waals surface area contributed by atoms with Crippen LogP contribution < -0.4 is 14.8 Å². The average Bonchev–Trinajstić information content (AvgIpc) is 2.60. The van der Waals surface area contributed by atoms with Crippen molar-refractivity contribution in [3.63, 3.8) is 0 Å². The van der Waals surface area contributed by atoms with Gasteiger partial charge in [0, 0.05) is 19.7 Å². The van der Waals surface area contributed by atoms with Crippen molar-refractivity contribution in [1.29, 1.82) is 0 Å². The minimum atomic E-state index is -3.61. The van der Waals surface area contributed by atoms with E-state index in [4.69, 9.17) is 21.1 Å². The molecule has 0 atom stereocenters. The standard InChI is InChI=1S/C18H29ClN2O5S/c1-4-5-10-21-27(23,24)15-7-8-17(16(19)12-15)26-13-18(22)20-9-6-11-25-14(2)3/h7-8,12,14,21H,4-6,9-11,13H2,1-3H3,(H,20,22). The Morgan fingerprint density at radius 3 is 2.59 bits per heavy atom. The number of benzene rings is 1. The molecule has 0 unspecified atom stereocenters. The number of nitrogens with one attached hydrogen (secondary N) is 2. The van der Waals surface area contributed by atoms with Crippen LogP contribution in [-0.4, -0.2) is 46.7 Å². The minimum Gasteiger partial charge on any atom is -0.482 e. The van der Waals surface area contributed by atoms with Crippen molar-refractivity contribution in [2.75, 3.05) is 26.3 Å². The van der Waals surface area contributed by atoms with Gasteiger partial charge in [0.05, 0.1) is 16.0 Å². The van der Waals surface area contributed by atoms with Gasteiger partial charge in [0.1, 0.15) is 5.75 Å². The van der Waals surface area contributed by atoms with Gasteiger partial charge in [-0.15, -0.1) is 0 Å². The number of unbranched alkanes of at least 4 members (excludes halogenated alkanes) is 1. The van der Waals surface area contributed by atoms with Crippen molar-refractivity contribution in [2.24, 2.45) is 0 Å². The Hall–Kier alpha value is -1.35. The van der Waals surface area contributed by atoms with E-state index < -0.39 is 10.0 Å². The molecule has 0 spiro atoms. The maximum atomic E-state index is 12.2. The van der Waals surface area contributed by atoms with E-state index in [9.17, 15) is 13.2 Å². The first kappa shape index (κ1) is 23.7. The summed E-state index contributed by atoms with van der Waals surface area (Å²) in [5.41, 5.74) is 0. The monoisotopic (exact) mass is 420 g/mol. The molecule has 1 amide bonds. The zero-order valence-corrected chi connectivity index (χ0v) is 17.7. The predicted molar refractivity (Wildman–Crippen MR) is 106 cm³/mol. The number of hydrogen-bond donors (Lipinski definition) is 2. The van der Waals surface area contributed by atoms with Crippen molar-refractivity contribution in [2.45, 2.75) is 51.0 Å². The molecule has 0 aromatic heterocycles. The number of sulfonamides is 1. The number of amides is 1. The number of ether oxygens (including phenoxy) is 2. The van der Waals surface area contributed by atoms with Gasteiger partial charge in [0.2, 0.25) is 10.0 Å². The molecule has 0 saturated carbocycles. The number of carbonyl (C=O) groups excluding carboxylic acids is 1. The van der Waals surface area contributed by atoms with E-state index in [1.165, 1.54) is 18.2 Å². The fraction of sp³-hybridized carbons (Fsp3) is 0.611. The Balaban J connectivity index is 2.47. The lowest BCUT2D eigenvalue weighted by Gasteiger charge is -2.11. The summed E-state index contributed by atoms with van der Waals surface area (Å²) in [7, 11) is -3.61. The highest BCUT2D eigenvalue weighted by atomic mass is 35.5. The highest BCUT2D eigenvalue weighted by Gasteiger charge is 2.16. The molecule has 0 fully saturated rings. The van der Waals surface area contributed by atoms with Crippen LogP contribution in [0, 0.1) is 0 Å². The molecule has 1 aromatic carbocycles. The first-order valence-electron chi connectivity index (χ1n) is 9.06. The fourth-order valence-electron chi connectivity index (χ4n) is 2.05. The molecule has 154 valence electrons. The molecule has 0 aliphatic heterocycles. The molecule has 0 radical (unpaired) electrons. The second kappa shape index (κ2) is 12.2. The van der Waals surface area contributed by atoms with Gasteiger partial charge in [0.15, 0.2) is 6.61 Å². The van der Waals surface area contributed by atoms with Gasteiger partial charge in [-0.25, -0.2) is 13.1 Å². The highest BCUT2D eigenvalue weighted by Crippen LogP contribution is 2.27. The molecule has 1 rings (SSSR count). The molecule has 2 N–H and O–H groups in total. The van der Waals surface area contributed by atoms with Crippen molar-refractivity contribution in [3.8, 4) is 5.75 Å². The van der Waals surface area contributed by atoms with E-state index >= 15 is 0 Å². The molecule has 0 bridgehead atoms. The van der Waals surface area contributed by atoms with Crippen LogP contribution in [0.1, 0.15) is 40.0 Å². The van der Waals surface area contributed by atoms with Gasteiger partial charge in [-0.1, -0.05) is 24.9 Å². The third kappa shape index (κ3) is 9.41. The quantitative estimate of drug-likeness (QED) is 0.478. The van der Waals surface area contributed by atoms with Crippen LogP contribution in [0.4, 0.5) is 0 Å². The van der Waals surface area contributed by atoms with Gasteiger partial charge < -0.3 is 14.8 Å². The summed E-state index contributed by atoms with van der Waals surface area (Å²) < 4.78 is 37.6. The van der Waals surface area contributed by atoms with Crippen LogP contribution in [0.25, 0.3) is 0 Å². The predicted octanol–water partition coefficient (Wildman–Crippen LogP) is 2.73. The summed E-state index contributed by atoms with van der Waals surface area (Å²) in [6.45, 7) is 7.12. The summed E-state index contributed by atoms with van der Waals surface area (Å²) in [6, 6.07) is 4.16. The van der Waals surface area contributed by atoms with Gasteiger partial charge in [-0.3, -0.25) is 4.79 Å². The van der Waals surface area contributed by atoms with Gasteiger partial charge in [-0.2, -0.15) is 0 Å². The van der Waals surface area contributed by atoms with Crippen LogP contribution in [0.3, 0.4) is 0 Å². The Labute approximate surface area is 166 Å². The first-order valence-corrected chi connectivity index (χ1v) is 10.9. The second-order valence-electron chi connectivity index (χ2n) is 6.26. The summed E-state index contributed by atoms with van der Waals surface area (Å²) >= 11 is 6.09. The van der Waals surface area contributed by atoms with Crippen LogP contribution in [-0.2, 0) is 19.6 Å². The van der Waals surface area contributed by atoms with E-state index in [0.717, 1.165) is 12.8 Å². The van der Waals surface area contributed by atoms with Gasteiger partial charge in [0.25, 0.3) is 5.91 Å². The zero-order chi connectivity index (χ0) is 20.3. The van der Waals surface area contributed by atoms with Crippen molar-refractivity contribution in [3.05, 3.63) is 23.2 Å². The average molecular weight is 421 g/mol. The Bertz CT molecular complexity index is 695. The number of halogens is 1. The molecule has 9 heteroatoms. The highest BCUT2D eigenvalue weighted by molar-refractivity contribution is 7.89. The second-order valence-corrected chi connectivity index (χ2v) is 8.43. The largest absolute Gasteiger partial charge is 0.482 e. The topological polar surface area (TPSA) is 93.7 Å². The third-order valence-electron chi connectivity index (χ3n) is 3.49. The lowest BCUT2D eigenvalue weighted by atomic mass is 10.3. The molecule has 0 heterocycles. The van der Waals surface area contributed by atoms with E-state index in [-0.39, 0.29) is 34.3 Å². The molecule has 7 nitrogen and oxygen atoms in total. The SMILES string of the molecule is CCCCNS(=O)(=O)c1ccc(OCC(=O)NCCCOC(C)C)c(Cl)c1. The van der Waals surface area contributed by atoms with E-state index in [2.05, 4.69) is 10.0 Å². The van der Waals surface area contributed by atoms with Crippen LogP contribution in [0.5, 0.6) is 5.75 Å². The van der Waals surface area contributed by atoms with Crippen molar-refractivity contribution in [1.82, 2.24) is 10.0 Å². The molecule has 0 aliphatic carbocycles. The maximum absolute atomic E-state index is 12.2. The fourth-order valence-corrected chi connectivity index (χ4v) is 3.45. The zero-order valence-electron chi connectivity index (χ0n) is 16.1. The van der Waals surface area contributed by atoms with Crippen LogP contribution in [0.15, 0.2) is 23.1 Å². The van der Waals surface area contributed by atoms with Crippen molar-refractivity contribution < 1.29 is 22.7 Å². The molecule has 0 saturated heterocycles. The van der Waals surface area contributed by atoms with Crippen LogP contribution >= 0.6 is 11.6 Å². The van der Waals surface area contributed by atoms with Crippen molar-refractivity contribution >= 4 is 27.5 Å². The summed E-state index contributed by atoms with van der Waals surface area (Å²) in [5, 5.41) is 2.85. The van der Waals surface area contributed by atoms with E-state index in [1.54, 1.807) is 0 Å². The molecular weight excluding hydrogens is 392 g/mol. The summed E-state index contributed by atoms with van der Waals surface area (Å²) in [4.78, 5) is 11.8. The first-order chi connectivity index (χ1) is 12.8. The Morgan fingerprint density at radius 2 is 1.96 bits per heavy atom. The Morgan fingerprint density at radius 1 is 1.22 bits per heavy atom.